The standard InChI is InChI=1S/C40H68N2O5/c1-8-44-35(37(5,6)43)30-12-10-28-31(46-30)24-29-27-11-13-32-36(3,4)33(14-15-40(32)26(2)39(27,40)17-16-38(28,29)7)47-34-25-42(22-23-45-34)21-20-41-18-9-19-41/h26-35,43H,8-25H2,1-7H3. The van der Waals surface area contributed by atoms with Gasteiger partial charge in [0.1, 0.15) is 6.10 Å². The van der Waals surface area contributed by atoms with Gasteiger partial charge in [-0.15, -0.1) is 0 Å². The van der Waals surface area contributed by atoms with Crippen LogP contribution in [0.25, 0.3) is 0 Å². The third-order valence-corrected chi connectivity index (χ3v) is 16.7. The van der Waals surface area contributed by atoms with Crippen LogP contribution in [0.5, 0.6) is 0 Å². The van der Waals surface area contributed by atoms with E-state index in [1.54, 1.807) is 0 Å². The van der Waals surface area contributed by atoms with Crippen LogP contribution >= 0.6 is 0 Å². The normalized spacial score (nSPS) is 49.9. The van der Waals surface area contributed by atoms with Gasteiger partial charge in [-0.05, 0) is 149 Å². The Bertz CT molecular complexity index is 1150. The molecule has 8 fully saturated rings. The SMILES string of the molecule is CCOC(C1CCC2C(CC3C4CCC5C(C)(C)C(OC6CN(CCN7CCC7)CCO6)CCC56C(C)C46CCC23C)O1)C(C)(C)O. The van der Waals surface area contributed by atoms with Gasteiger partial charge in [-0.3, -0.25) is 4.90 Å². The van der Waals surface area contributed by atoms with Gasteiger partial charge < -0.3 is 29.0 Å². The molecule has 0 bridgehead atoms. The lowest BCUT2D eigenvalue weighted by molar-refractivity contribution is -0.245. The number of aliphatic hydroxyl groups is 1. The van der Waals surface area contributed by atoms with Crippen molar-refractivity contribution in [3.8, 4) is 0 Å². The van der Waals surface area contributed by atoms with E-state index in [9.17, 15) is 5.11 Å². The molecule has 0 aromatic carbocycles. The third kappa shape index (κ3) is 5.04. The summed E-state index contributed by atoms with van der Waals surface area (Å²) in [4.78, 5) is 5.16. The molecule has 13 atom stereocenters. The minimum atomic E-state index is -0.896. The number of nitrogens with zero attached hydrogens (tertiary/aromatic N) is 2. The lowest BCUT2D eigenvalue weighted by Crippen LogP contribution is -2.56. The molecule has 7 nitrogen and oxygen atoms in total. The molecular weight excluding hydrogens is 588 g/mol. The summed E-state index contributed by atoms with van der Waals surface area (Å²) in [5.74, 6) is 3.78. The first-order valence-electron chi connectivity index (χ1n) is 20.1. The highest BCUT2D eigenvalue weighted by Crippen LogP contribution is 2.89. The average molecular weight is 657 g/mol. The maximum Gasteiger partial charge on any atom is 0.170 e. The molecule has 3 aliphatic heterocycles. The van der Waals surface area contributed by atoms with Gasteiger partial charge in [0.25, 0.3) is 0 Å². The number of rotatable bonds is 9. The molecule has 5 aliphatic carbocycles. The molecule has 268 valence electrons. The molecule has 13 unspecified atom stereocenters. The summed E-state index contributed by atoms with van der Waals surface area (Å²) >= 11 is 0. The highest BCUT2D eigenvalue weighted by atomic mass is 16.7. The van der Waals surface area contributed by atoms with Crippen LogP contribution in [0.4, 0.5) is 0 Å². The van der Waals surface area contributed by atoms with Crippen LogP contribution in [0, 0.1) is 51.2 Å². The van der Waals surface area contributed by atoms with Gasteiger partial charge in [0.2, 0.25) is 0 Å². The first kappa shape index (κ1) is 33.8. The van der Waals surface area contributed by atoms with E-state index in [0.717, 1.165) is 56.3 Å². The Morgan fingerprint density at radius 3 is 2.38 bits per heavy atom. The number of ether oxygens (including phenoxy) is 4. The Labute approximate surface area is 286 Å². The van der Waals surface area contributed by atoms with Gasteiger partial charge in [0.05, 0.1) is 30.5 Å². The molecule has 8 aliphatic rings. The summed E-state index contributed by atoms with van der Waals surface area (Å²) in [6.07, 6.45) is 13.1. The van der Waals surface area contributed by atoms with Gasteiger partial charge >= 0.3 is 0 Å². The van der Waals surface area contributed by atoms with Crippen molar-refractivity contribution in [2.45, 2.75) is 149 Å². The number of morpholine rings is 1. The molecule has 0 aromatic heterocycles. The Kier molecular flexibility index (Phi) is 8.56. The second-order valence-corrected chi connectivity index (χ2v) is 19.1. The second kappa shape index (κ2) is 11.9. The number of fused-ring (bicyclic) bond motifs is 4. The molecule has 3 saturated heterocycles. The van der Waals surface area contributed by atoms with Crippen molar-refractivity contribution in [2.75, 3.05) is 52.5 Å². The molecule has 47 heavy (non-hydrogen) atoms. The van der Waals surface area contributed by atoms with Crippen LogP contribution in [-0.4, -0.2) is 104 Å². The van der Waals surface area contributed by atoms with Gasteiger partial charge in [-0.1, -0.05) is 27.7 Å². The minimum absolute atomic E-state index is 0.00679. The van der Waals surface area contributed by atoms with Crippen LogP contribution in [0.3, 0.4) is 0 Å². The fourth-order valence-electron chi connectivity index (χ4n) is 14.4. The van der Waals surface area contributed by atoms with Crippen molar-refractivity contribution in [3.05, 3.63) is 0 Å². The molecular formula is C40H68N2O5. The van der Waals surface area contributed by atoms with Crippen LogP contribution in [0.15, 0.2) is 0 Å². The van der Waals surface area contributed by atoms with Crippen LogP contribution < -0.4 is 0 Å². The quantitative estimate of drug-likeness (QED) is 0.310. The lowest BCUT2D eigenvalue weighted by atomic mass is 9.46. The highest BCUT2D eigenvalue weighted by Gasteiger charge is 2.84. The number of hydrogen-bond acceptors (Lipinski definition) is 7. The molecule has 1 N–H and O–H groups in total. The first-order valence-corrected chi connectivity index (χ1v) is 20.1. The molecule has 5 saturated carbocycles. The monoisotopic (exact) mass is 657 g/mol. The van der Waals surface area contributed by atoms with Gasteiger partial charge in [0, 0.05) is 32.8 Å². The summed E-state index contributed by atoms with van der Waals surface area (Å²) in [5, 5.41) is 11.0. The van der Waals surface area contributed by atoms with Gasteiger partial charge in [0.15, 0.2) is 6.29 Å². The molecule has 2 spiro atoms. The third-order valence-electron chi connectivity index (χ3n) is 16.7. The molecule has 8 rings (SSSR count). The van der Waals surface area contributed by atoms with E-state index in [0.29, 0.717) is 34.9 Å². The predicted molar refractivity (Wildman–Crippen MR) is 184 cm³/mol. The summed E-state index contributed by atoms with van der Waals surface area (Å²) in [6.45, 7) is 24.5. The summed E-state index contributed by atoms with van der Waals surface area (Å²) in [6, 6.07) is 0. The Balaban J connectivity index is 0.957. The van der Waals surface area contributed by atoms with E-state index >= 15 is 0 Å². The number of hydrogen-bond donors (Lipinski definition) is 1. The van der Waals surface area contributed by atoms with Crippen LogP contribution in [0.1, 0.15) is 113 Å². The maximum atomic E-state index is 11.0. The van der Waals surface area contributed by atoms with E-state index in [1.807, 2.05) is 20.8 Å². The number of likely N-dealkylation sites (tertiary alicyclic amines) is 1. The zero-order valence-electron chi connectivity index (χ0n) is 31.0. The highest BCUT2D eigenvalue weighted by molar-refractivity contribution is 5.32. The summed E-state index contributed by atoms with van der Waals surface area (Å²) < 4.78 is 26.4. The zero-order chi connectivity index (χ0) is 33.0. The Morgan fingerprint density at radius 2 is 1.66 bits per heavy atom. The summed E-state index contributed by atoms with van der Waals surface area (Å²) in [7, 11) is 0. The molecule has 0 amide bonds. The maximum absolute atomic E-state index is 11.0. The smallest absolute Gasteiger partial charge is 0.170 e. The molecule has 7 heteroatoms. The first-order chi connectivity index (χ1) is 22.4. The Morgan fingerprint density at radius 1 is 0.894 bits per heavy atom. The van der Waals surface area contributed by atoms with Crippen molar-refractivity contribution < 1.29 is 24.1 Å². The predicted octanol–water partition coefficient (Wildman–Crippen LogP) is 6.36. The van der Waals surface area contributed by atoms with Crippen molar-refractivity contribution >= 4 is 0 Å². The van der Waals surface area contributed by atoms with E-state index in [4.69, 9.17) is 18.9 Å². The average Bonchev–Trinajstić information content (AvgIpc) is 3.38. The fraction of sp³-hybridized carbons (Fsp3) is 1.00. The van der Waals surface area contributed by atoms with Gasteiger partial charge in [-0.25, -0.2) is 0 Å². The minimum Gasteiger partial charge on any atom is -0.388 e. The molecule has 3 heterocycles. The largest absolute Gasteiger partial charge is 0.388 e. The van der Waals surface area contributed by atoms with Crippen molar-refractivity contribution in [1.82, 2.24) is 9.80 Å². The van der Waals surface area contributed by atoms with Crippen molar-refractivity contribution in [2.24, 2.45) is 51.2 Å². The van der Waals surface area contributed by atoms with E-state index in [-0.39, 0.29) is 30.0 Å². The van der Waals surface area contributed by atoms with Crippen LogP contribution in [-0.2, 0) is 18.9 Å². The van der Waals surface area contributed by atoms with Crippen LogP contribution in [0.2, 0.25) is 0 Å². The van der Waals surface area contributed by atoms with E-state index in [2.05, 4.69) is 37.5 Å². The zero-order valence-corrected chi connectivity index (χ0v) is 31.0. The molecule has 0 aromatic rings. The topological polar surface area (TPSA) is 63.6 Å². The van der Waals surface area contributed by atoms with Gasteiger partial charge in [-0.2, -0.15) is 0 Å². The van der Waals surface area contributed by atoms with E-state index in [1.165, 1.54) is 77.4 Å². The van der Waals surface area contributed by atoms with E-state index < -0.39 is 5.60 Å². The Hall–Kier alpha value is -0.280. The van der Waals surface area contributed by atoms with Crippen molar-refractivity contribution in [3.63, 3.8) is 0 Å². The van der Waals surface area contributed by atoms with Crippen molar-refractivity contribution in [1.29, 1.82) is 0 Å². The second-order valence-electron chi connectivity index (χ2n) is 19.1. The summed E-state index contributed by atoms with van der Waals surface area (Å²) in [5.41, 5.74) is 0.636. The lowest BCUT2D eigenvalue weighted by Gasteiger charge is -2.60. The fourth-order valence-corrected chi connectivity index (χ4v) is 14.4. The molecule has 0 radical (unpaired) electrons.